The lowest BCUT2D eigenvalue weighted by molar-refractivity contribution is 0.752. The minimum Gasteiger partial charge on any atom is -0.258 e. The molecule has 0 amide bonds. The second kappa shape index (κ2) is 10.3. The summed E-state index contributed by atoms with van der Waals surface area (Å²) >= 11 is 0. The van der Waals surface area contributed by atoms with Crippen LogP contribution >= 0.6 is 0 Å². The molecule has 1 heterocycles. The van der Waals surface area contributed by atoms with E-state index in [1.807, 2.05) is 27.7 Å². The Morgan fingerprint density at radius 1 is 0.824 bits per heavy atom. The lowest BCUT2D eigenvalue weighted by Gasteiger charge is -2.14. The summed E-state index contributed by atoms with van der Waals surface area (Å²) in [6.07, 6.45) is 0. The van der Waals surface area contributed by atoms with Crippen molar-refractivity contribution in [2.45, 2.75) is 74.1 Å². The van der Waals surface area contributed by atoms with Crippen molar-refractivity contribution in [2.75, 3.05) is 0 Å². The van der Waals surface area contributed by atoms with Crippen LogP contribution in [0.1, 0.15) is 84.2 Å². The lowest BCUT2D eigenvalue weighted by Crippen LogP contribution is -2.02. The van der Waals surface area contributed by atoms with E-state index in [4.69, 9.17) is 0 Å². The van der Waals surface area contributed by atoms with Crippen molar-refractivity contribution in [3.63, 3.8) is 0 Å². The Balaban J connectivity index is 0. The van der Waals surface area contributed by atoms with Gasteiger partial charge in [0.25, 0.3) is 0 Å². The molecule has 0 saturated carbocycles. The summed E-state index contributed by atoms with van der Waals surface area (Å²) in [4.78, 5) is 4.59. The van der Waals surface area contributed by atoms with E-state index < -0.39 is 0 Å². The Bertz CT molecular complexity index is 288. The highest BCUT2D eigenvalue weighted by molar-refractivity contribution is 5.27. The number of rotatable bonds is 2. The summed E-state index contributed by atoms with van der Waals surface area (Å²) in [6.45, 7) is 18.9. The minimum atomic E-state index is 0.525. The maximum absolute atomic E-state index is 4.59. The van der Waals surface area contributed by atoms with Gasteiger partial charge in [-0.3, -0.25) is 4.98 Å². The molecule has 0 spiro atoms. The molecule has 0 bridgehead atoms. The number of aryl methyl sites for hydroxylation is 1. The summed E-state index contributed by atoms with van der Waals surface area (Å²) in [7, 11) is 0. The Morgan fingerprint density at radius 3 is 1.65 bits per heavy atom. The second-order valence-electron chi connectivity index (χ2n) is 4.24. The largest absolute Gasteiger partial charge is 0.258 e. The van der Waals surface area contributed by atoms with Crippen molar-refractivity contribution in [2.24, 2.45) is 0 Å². The van der Waals surface area contributed by atoms with Gasteiger partial charge in [0.05, 0.1) is 0 Å². The molecule has 1 aromatic rings. The molecule has 0 saturated heterocycles. The smallest absolute Gasteiger partial charge is 0.0466 e. The van der Waals surface area contributed by atoms with Crippen molar-refractivity contribution in [1.82, 2.24) is 4.98 Å². The summed E-state index contributed by atoms with van der Waals surface area (Å²) in [5, 5.41) is 0. The van der Waals surface area contributed by atoms with Crippen LogP contribution < -0.4 is 0 Å². The fourth-order valence-electron chi connectivity index (χ4n) is 1.54. The van der Waals surface area contributed by atoms with Crippen LogP contribution in [0.15, 0.2) is 12.1 Å². The van der Waals surface area contributed by atoms with Gasteiger partial charge < -0.3 is 0 Å². The highest BCUT2D eigenvalue weighted by Gasteiger charge is 2.10. The molecule has 0 aromatic carbocycles. The number of hydrogen-bond donors (Lipinski definition) is 0. The number of nitrogens with zero attached hydrogens (tertiary/aromatic N) is 1. The Morgan fingerprint density at radius 2 is 1.29 bits per heavy atom. The number of aromatic nitrogens is 1. The van der Waals surface area contributed by atoms with Gasteiger partial charge in [-0.2, -0.15) is 0 Å². The van der Waals surface area contributed by atoms with Gasteiger partial charge in [-0.25, -0.2) is 0 Å². The molecule has 0 N–H and O–H groups in total. The van der Waals surface area contributed by atoms with Crippen LogP contribution in [0.2, 0.25) is 0 Å². The maximum atomic E-state index is 4.59. The molecule has 17 heavy (non-hydrogen) atoms. The van der Waals surface area contributed by atoms with Crippen LogP contribution in [0, 0.1) is 6.92 Å². The van der Waals surface area contributed by atoms with E-state index in [1.165, 1.54) is 11.3 Å². The fraction of sp³-hybridized carbons (Fsp3) is 0.688. The third kappa shape index (κ3) is 6.45. The topological polar surface area (TPSA) is 12.9 Å². The summed E-state index contributed by atoms with van der Waals surface area (Å²) in [5.74, 6) is 1.10. The first kappa shape index (κ1) is 18.5. The standard InChI is InChI=1S/C12H19N.2C2H6/c1-8(2)11-7-6-10(5)13-12(11)9(3)4;2*1-2/h6-9H,1-5H3;2*1-2H3. The number of hydrogen-bond acceptors (Lipinski definition) is 1. The first-order valence-electron chi connectivity index (χ1n) is 6.99. The molecule has 1 rings (SSSR count). The van der Waals surface area contributed by atoms with Gasteiger partial charge in [-0.1, -0.05) is 61.5 Å². The van der Waals surface area contributed by atoms with E-state index in [0.29, 0.717) is 11.8 Å². The molecule has 0 aliphatic rings. The molecule has 0 fully saturated rings. The molecular weight excluding hydrogens is 206 g/mol. The molecule has 1 aromatic heterocycles. The van der Waals surface area contributed by atoms with Gasteiger partial charge in [-0.15, -0.1) is 0 Å². The van der Waals surface area contributed by atoms with Crippen molar-refractivity contribution in [3.8, 4) is 0 Å². The first-order valence-corrected chi connectivity index (χ1v) is 6.99. The van der Waals surface area contributed by atoms with Crippen LogP contribution in [0.4, 0.5) is 0 Å². The molecule has 0 atom stereocenters. The van der Waals surface area contributed by atoms with Crippen molar-refractivity contribution in [3.05, 3.63) is 29.1 Å². The summed E-state index contributed by atoms with van der Waals surface area (Å²) < 4.78 is 0. The van der Waals surface area contributed by atoms with Gasteiger partial charge in [0.1, 0.15) is 0 Å². The normalized spacial score (nSPS) is 9.35. The maximum Gasteiger partial charge on any atom is 0.0466 e. The zero-order valence-electron chi connectivity index (χ0n) is 13.3. The van der Waals surface area contributed by atoms with Crippen molar-refractivity contribution >= 4 is 0 Å². The summed E-state index contributed by atoms with van der Waals surface area (Å²) in [6, 6.07) is 4.31. The lowest BCUT2D eigenvalue weighted by atomic mass is 9.95. The predicted molar refractivity (Wildman–Crippen MR) is 79.8 cm³/mol. The van der Waals surface area contributed by atoms with Gasteiger partial charge in [0.15, 0.2) is 0 Å². The average molecular weight is 237 g/mol. The highest BCUT2D eigenvalue weighted by Crippen LogP contribution is 2.24. The van der Waals surface area contributed by atoms with Crippen LogP contribution in [0.5, 0.6) is 0 Å². The zero-order valence-corrected chi connectivity index (χ0v) is 13.3. The van der Waals surface area contributed by atoms with Crippen molar-refractivity contribution in [1.29, 1.82) is 0 Å². The van der Waals surface area contributed by atoms with Gasteiger partial charge in [0.2, 0.25) is 0 Å². The molecular formula is C16H31N. The fourth-order valence-corrected chi connectivity index (χ4v) is 1.54. The molecule has 0 aliphatic heterocycles. The molecule has 0 aliphatic carbocycles. The quantitative estimate of drug-likeness (QED) is 0.644. The minimum absolute atomic E-state index is 0.525. The molecule has 0 unspecified atom stereocenters. The van der Waals surface area contributed by atoms with Gasteiger partial charge in [0, 0.05) is 11.4 Å². The summed E-state index contributed by atoms with van der Waals surface area (Å²) in [5.41, 5.74) is 3.77. The third-order valence-corrected chi connectivity index (χ3v) is 2.27. The third-order valence-electron chi connectivity index (χ3n) is 2.27. The predicted octanol–water partition coefficient (Wildman–Crippen LogP) is 5.69. The van der Waals surface area contributed by atoms with Crippen LogP contribution in [-0.4, -0.2) is 4.98 Å². The average Bonchev–Trinajstić information content (AvgIpc) is 2.33. The Kier molecular flexibility index (Phi) is 11.2. The van der Waals surface area contributed by atoms with Gasteiger partial charge in [-0.05, 0) is 30.4 Å². The Labute approximate surface area is 109 Å². The first-order chi connectivity index (χ1) is 8.02. The van der Waals surface area contributed by atoms with E-state index >= 15 is 0 Å². The highest BCUT2D eigenvalue weighted by atomic mass is 14.7. The molecule has 100 valence electrons. The Hall–Kier alpha value is -0.850. The van der Waals surface area contributed by atoms with Gasteiger partial charge >= 0.3 is 0 Å². The number of pyridine rings is 1. The molecule has 1 heteroatoms. The van der Waals surface area contributed by atoms with E-state index in [1.54, 1.807) is 0 Å². The zero-order chi connectivity index (χ0) is 14.0. The second-order valence-corrected chi connectivity index (χ2v) is 4.24. The van der Waals surface area contributed by atoms with E-state index in [9.17, 15) is 0 Å². The van der Waals surface area contributed by atoms with Crippen LogP contribution in [0.25, 0.3) is 0 Å². The molecule has 1 nitrogen and oxygen atoms in total. The van der Waals surface area contributed by atoms with E-state index in [-0.39, 0.29) is 0 Å². The SMILES string of the molecule is CC.CC.Cc1ccc(C(C)C)c(C(C)C)n1. The molecule has 0 radical (unpaired) electrons. The van der Waals surface area contributed by atoms with E-state index in [2.05, 4.69) is 51.7 Å². The van der Waals surface area contributed by atoms with Crippen molar-refractivity contribution < 1.29 is 0 Å². The monoisotopic (exact) mass is 237 g/mol. The van der Waals surface area contributed by atoms with Crippen LogP contribution in [-0.2, 0) is 0 Å². The van der Waals surface area contributed by atoms with Crippen LogP contribution in [0.3, 0.4) is 0 Å². The van der Waals surface area contributed by atoms with E-state index in [0.717, 1.165) is 5.69 Å².